The van der Waals surface area contributed by atoms with E-state index in [9.17, 15) is 35.9 Å². The molecule has 0 unspecified atom stereocenters. The van der Waals surface area contributed by atoms with Crippen molar-refractivity contribution in [2.24, 2.45) is 0 Å². The van der Waals surface area contributed by atoms with Crippen molar-refractivity contribution in [3.05, 3.63) is 105 Å². The van der Waals surface area contributed by atoms with E-state index in [1.54, 1.807) is 35.0 Å². The zero-order valence-electron chi connectivity index (χ0n) is 24.2. The van der Waals surface area contributed by atoms with E-state index >= 15 is 0 Å². The second-order valence-electron chi connectivity index (χ2n) is 9.79. The third kappa shape index (κ3) is 6.84. The Morgan fingerprint density at radius 2 is 1.20 bits per heavy atom. The number of carboxylic acids is 1. The molecule has 256 valence electrons. The molecule has 0 aliphatic heterocycles. The number of alkyl halides is 6. The summed E-state index contributed by atoms with van der Waals surface area (Å²) in [6, 6.07) is 11.4. The number of carboxylic acid groups (broad SMARTS) is 1. The number of carbonyl (C=O) groups excluding carboxylic acids is 1. The summed E-state index contributed by atoms with van der Waals surface area (Å²) in [5.74, 6) is -2.28. The van der Waals surface area contributed by atoms with E-state index in [2.05, 4.69) is 30.5 Å². The molecule has 1 amide bonds. The van der Waals surface area contributed by atoms with Gasteiger partial charge in [-0.2, -0.15) is 36.5 Å². The van der Waals surface area contributed by atoms with Crippen LogP contribution in [0.15, 0.2) is 71.7 Å². The summed E-state index contributed by atoms with van der Waals surface area (Å²) in [4.78, 5) is 36.5. The highest BCUT2D eigenvalue weighted by atomic mass is 35.5. The topological polar surface area (TPSA) is 140 Å². The standard InChI is InChI=1S/C17H9ClF3N5OS.C12H5ClF3N3O2S/c18-13-14(16(27)23-9-3-5-22-6-4-9)25-26-12(17(19,20)21)8-10(24-15(13)26)11-2-1-7-28-11;13-8-9(11(20)21)18-19-7(12(14,15)16)4-5(17-10(8)19)6-2-1-3-22-6/h1-8H,(H,22,23,27);1-4H,(H,20,21). The predicted molar refractivity (Wildman–Crippen MR) is 172 cm³/mol. The first-order valence-corrected chi connectivity index (χ1v) is 16.0. The van der Waals surface area contributed by atoms with Gasteiger partial charge < -0.3 is 10.4 Å². The predicted octanol–water partition coefficient (Wildman–Crippen LogP) is 8.61. The minimum absolute atomic E-state index is 0.0496. The molecule has 11 nitrogen and oxygen atoms in total. The Morgan fingerprint density at radius 3 is 1.62 bits per heavy atom. The molecular formula is C29H14Cl2F6N8O3S2. The first-order valence-electron chi connectivity index (χ1n) is 13.5. The summed E-state index contributed by atoms with van der Waals surface area (Å²) in [5, 5.41) is 21.4. The number of hydrogen-bond acceptors (Lipinski definition) is 9. The molecule has 0 aromatic carbocycles. The van der Waals surface area contributed by atoms with E-state index in [-0.39, 0.29) is 33.4 Å². The van der Waals surface area contributed by atoms with Crippen LogP contribution >= 0.6 is 45.9 Å². The number of fused-ring (bicyclic) bond motifs is 2. The van der Waals surface area contributed by atoms with Gasteiger partial charge in [0.15, 0.2) is 34.1 Å². The van der Waals surface area contributed by atoms with E-state index in [1.807, 2.05) is 0 Å². The Hall–Kier alpha value is -5.11. The van der Waals surface area contributed by atoms with Crippen LogP contribution in [-0.4, -0.2) is 51.2 Å². The number of nitrogens with one attached hydrogen (secondary N) is 1. The van der Waals surface area contributed by atoms with E-state index < -0.39 is 46.3 Å². The summed E-state index contributed by atoms with van der Waals surface area (Å²) < 4.78 is 81.3. The molecular weight excluding hydrogens is 757 g/mol. The van der Waals surface area contributed by atoms with Gasteiger partial charge in [-0.15, -0.1) is 22.7 Å². The normalized spacial score (nSPS) is 11.8. The van der Waals surface area contributed by atoms with Crippen LogP contribution in [0.3, 0.4) is 0 Å². The fourth-order valence-electron chi connectivity index (χ4n) is 4.40. The number of carbonyl (C=O) groups is 2. The third-order valence-electron chi connectivity index (χ3n) is 6.55. The highest BCUT2D eigenvalue weighted by Gasteiger charge is 2.38. The van der Waals surface area contributed by atoms with Crippen LogP contribution in [0.25, 0.3) is 32.4 Å². The van der Waals surface area contributed by atoms with E-state index in [4.69, 9.17) is 28.3 Å². The highest BCUT2D eigenvalue weighted by molar-refractivity contribution is 7.13. The second kappa shape index (κ2) is 13.3. The van der Waals surface area contributed by atoms with Crippen molar-refractivity contribution in [2.45, 2.75) is 12.4 Å². The van der Waals surface area contributed by atoms with Gasteiger partial charge in [0, 0.05) is 18.1 Å². The maximum atomic E-state index is 13.6. The molecule has 0 bridgehead atoms. The molecule has 0 spiro atoms. The molecule has 0 fully saturated rings. The maximum absolute atomic E-state index is 13.6. The van der Waals surface area contributed by atoms with Crippen LogP contribution in [-0.2, 0) is 12.4 Å². The number of pyridine rings is 1. The van der Waals surface area contributed by atoms with E-state index in [0.29, 0.717) is 24.5 Å². The van der Waals surface area contributed by atoms with Crippen molar-refractivity contribution in [3.8, 4) is 21.1 Å². The molecule has 0 aliphatic rings. The Balaban J connectivity index is 0.000000178. The van der Waals surface area contributed by atoms with Crippen molar-refractivity contribution in [3.63, 3.8) is 0 Å². The van der Waals surface area contributed by atoms with Gasteiger partial charge in [-0.1, -0.05) is 35.3 Å². The molecule has 0 saturated carbocycles. The molecule has 7 aromatic heterocycles. The number of rotatable bonds is 5. The average Bonchev–Trinajstić information content (AvgIpc) is 3.88. The van der Waals surface area contributed by atoms with Gasteiger partial charge in [-0.3, -0.25) is 9.78 Å². The minimum Gasteiger partial charge on any atom is -0.476 e. The molecule has 7 heterocycles. The first-order chi connectivity index (χ1) is 23.6. The number of thiophene rings is 2. The van der Waals surface area contributed by atoms with Crippen LogP contribution in [0.1, 0.15) is 32.4 Å². The lowest BCUT2D eigenvalue weighted by Gasteiger charge is -2.10. The third-order valence-corrected chi connectivity index (χ3v) is 9.03. The Morgan fingerprint density at radius 1 is 0.740 bits per heavy atom. The Labute approximate surface area is 292 Å². The minimum atomic E-state index is -4.74. The summed E-state index contributed by atoms with van der Waals surface area (Å²) in [6.45, 7) is 0. The quantitative estimate of drug-likeness (QED) is 0.166. The van der Waals surface area contributed by atoms with Gasteiger partial charge in [-0.05, 0) is 47.2 Å². The van der Waals surface area contributed by atoms with Crippen LogP contribution in [0.4, 0.5) is 32.0 Å². The maximum Gasteiger partial charge on any atom is 0.433 e. The monoisotopic (exact) mass is 770 g/mol. The molecule has 7 rings (SSSR count). The number of hydrogen-bond donors (Lipinski definition) is 2. The largest absolute Gasteiger partial charge is 0.476 e. The lowest BCUT2D eigenvalue weighted by molar-refractivity contribution is -0.143. The van der Waals surface area contributed by atoms with E-state index in [0.717, 1.165) is 12.1 Å². The molecule has 0 saturated heterocycles. The first kappa shape index (κ1) is 34.7. The molecule has 50 heavy (non-hydrogen) atoms. The van der Waals surface area contributed by atoms with E-state index in [1.165, 1.54) is 47.2 Å². The van der Waals surface area contributed by atoms with Crippen molar-refractivity contribution < 1.29 is 41.0 Å². The van der Waals surface area contributed by atoms with Gasteiger partial charge in [0.1, 0.15) is 10.0 Å². The molecule has 2 N–H and O–H groups in total. The smallest absolute Gasteiger partial charge is 0.433 e. The van der Waals surface area contributed by atoms with Gasteiger partial charge in [-0.25, -0.2) is 23.8 Å². The zero-order chi connectivity index (χ0) is 36.0. The number of aromatic carboxylic acids is 1. The number of anilines is 1. The number of aromatic nitrogens is 7. The fourth-order valence-corrected chi connectivity index (χ4v) is 6.25. The van der Waals surface area contributed by atoms with Crippen molar-refractivity contribution in [1.29, 1.82) is 0 Å². The van der Waals surface area contributed by atoms with Gasteiger partial charge in [0.2, 0.25) is 0 Å². The van der Waals surface area contributed by atoms with Crippen LogP contribution in [0.5, 0.6) is 0 Å². The van der Waals surface area contributed by atoms with Crippen LogP contribution < -0.4 is 5.32 Å². The van der Waals surface area contributed by atoms with Gasteiger partial charge in [0.05, 0.1) is 21.1 Å². The zero-order valence-corrected chi connectivity index (χ0v) is 27.3. The summed E-state index contributed by atoms with van der Waals surface area (Å²) in [5.41, 5.74) is -3.32. The number of nitrogens with zero attached hydrogens (tertiary/aromatic N) is 7. The van der Waals surface area contributed by atoms with Crippen molar-refractivity contribution in [2.75, 3.05) is 5.32 Å². The molecule has 0 aliphatic carbocycles. The molecule has 0 radical (unpaired) electrons. The lowest BCUT2D eigenvalue weighted by atomic mass is 10.2. The summed E-state index contributed by atoms with van der Waals surface area (Å²) in [7, 11) is 0. The SMILES string of the molecule is O=C(Nc1ccncc1)c1nn2c(C(F)(F)F)cc(-c3cccs3)nc2c1Cl.O=C(O)c1nn2c(C(F)(F)F)cc(-c3cccs3)nc2c1Cl. The number of halogens is 8. The molecule has 7 aromatic rings. The van der Waals surface area contributed by atoms with Crippen molar-refractivity contribution in [1.82, 2.24) is 34.2 Å². The molecule has 21 heteroatoms. The lowest BCUT2D eigenvalue weighted by Crippen LogP contribution is -2.15. The average molecular weight is 772 g/mol. The molecule has 0 atom stereocenters. The Kier molecular flexibility index (Phi) is 9.25. The Bertz CT molecular complexity index is 2360. The highest BCUT2D eigenvalue weighted by Crippen LogP contribution is 2.37. The fraction of sp³-hybridized carbons (Fsp3) is 0.0690. The number of amides is 1. The van der Waals surface area contributed by atoms with Crippen LogP contribution in [0, 0.1) is 0 Å². The van der Waals surface area contributed by atoms with Crippen LogP contribution in [0.2, 0.25) is 10.0 Å². The summed E-state index contributed by atoms with van der Waals surface area (Å²) >= 11 is 14.4. The summed E-state index contributed by atoms with van der Waals surface area (Å²) in [6.07, 6.45) is -6.55. The van der Waals surface area contributed by atoms with Crippen molar-refractivity contribution >= 4 is 74.7 Å². The van der Waals surface area contributed by atoms with Gasteiger partial charge in [0.25, 0.3) is 5.91 Å². The van der Waals surface area contributed by atoms with Gasteiger partial charge >= 0.3 is 18.3 Å². The second-order valence-corrected chi connectivity index (χ2v) is 12.4.